The molecule has 2 aromatic carbocycles. The number of amidine groups is 1. The second-order valence-electron chi connectivity index (χ2n) is 5.02. The molecule has 0 aromatic heterocycles. The van der Waals surface area contributed by atoms with Crippen LogP contribution in [-0.4, -0.2) is 32.1 Å². The lowest BCUT2D eigenvalue weighted by Crippen LogP contribution is -2.21. The van der Waals surface area contributed by atoms with Gasteiger partial charge in [0.25, 0.3) is 0 Å². The third-order valence-corrected chi connectivity index (χ3v) is 3.42. The van der Waals surface area contributed by atoms with E-state index in [4.69, 9.17) is 4.74 Å². The first-order chi connectivity index (χ1) is 11.3. The summed E-state index contributed by atoms with van der Waals surface area (Å²) in [6.07, 6.45) is 0. The monoisotopic (exact) mass is 310 g/mol. The molecule has 6 heteroatoms. The van der Waals surface area contributed by atoms with Crippen molar-refractivity contribution in [2.75, 3.05) is 30.8 Å². The van der Waals surface area contributed by atoms with E-state index in [1.807, 2.05) is 36.4 Å². The van der Waals surface area contributed by atoms with Gasteiger partial charge in [-0.25, -0.2) is 4.79 Å². The standard InChI is InChI=1S/C17H18N4O2/c1-23-15-8-3-2-7-14(15)21-17(22)20-13-6-4-5-12(11-13)16-18-9-10-19-16/h2-8,11H,9-10H2,1H3,(H,18,19)(H2,20,21,22). The molecule has 0 radical (unpaired) electrons. The van der Waals surface area contributed by atoms with Crippen molar-refractivity contribution in [1.29, 1.82) is 0 Å². The van der Waals surface area contributed by atoms with Gasteiger partial charge in [-0.3, -0.25) is 4.99 Å². The second kappa shape index (κ2) is 6.83. The van der Waals surface area contributed by atoms with E-state index in [-0.39, 0.29) is 6.03 Å². The van der Waals surface area contributed by atoms with Gasteiger partial charge in [0.15, 0.2) is 0 Å². The van der Waals surface area contributed by atoms with Gasteiger partial charge in [0, 0.05) is 17.8 Å². The number of aliphatic imine (C=N–C) groups is 1. The van der Waals surface area contributed by atoms with Crippen LogP contribution in [0.4, 0.5) is 16.2 Å². The van der Waals surface area contributed by atoms with Crippen LogP contribution in [0.2, 0.25) is 0 Å². The predicted octanol–water partition coefficient (Wildman–Crippen LogP) is 2.69. The van der Waals surface area contributed by atoms with E-state index in [0.717, 1.165) is 24.5 Å². The minimum absolute atomic E-state index is 0.326. The van der Waals surface area contributed by atoms with Crippen molar-refractivity contribution >= 4 is 23.2 Å². The van der Waals surface area contributed by atoms with Crippen molar-refractivity contribution in [3.63, 3.8) is 0 Å². The number of ether oxygens (including phenoxy) is 1. The Balaban J connectivity index is 1.69. The average Bonchev–Trinajstić information content (AvgIpc) is 3.10. The SMILES string of the molecule is COc1ccccc1NC(=O)Nc1cccc(C2=NCCN2)c1. The van der Waals surface area contributed by atoms with Crippen LogP contribution in [0.25, 0.3) is 0 Å². The molecule has 0 bridgehead atoms. The Hall–Kier alpha value is -3.02. The van der Waals surface area contributed by atoms with E-state index in [1.54, 1.807) is 19.2 Å². The van der Waals surface area contributed by atoms with Gasteiger partial charge in [-0.05, 0) is 24.3 Å². The number of carbonyl (C=O) groups is 1. The summed E-state index contributed by atoms with van der Waals surface area (Å²) in [4.78, 5) is 16.5. The van der Waals surface area contributed by atoms with E-state index in [2.05, 4.69) is 20.9 Å². The highest BCUT2D eigenvalue weighted by molar-refractivity contribution is 6.03. The Labute approximate surface area is 134 Å². The lowest BCUT2D eigenvalue weighted by Gasteiger charge is -2.11. The number of carbonyl (C=O) groups excluding carboxylic acids is 1. The second-order valence-corrected chi connectivity index (χ2v) is 5.02. The summed E-state index contributed by atoms with van der Waals surface area (Å²) in [5, 5.41) is 8.81. The van der Waals surface area contributed by atoms with Crippen molar-refractivity contribution in [2.24, 2.45) is 4.99 Å². The average molecular weight is 310 g/mol. The Morgan fingerprint density at radius 2 is 2.04 bits per heavy atom. The summed E-state index contributed by atoms with van der Waals surface area (Å²) >= 11 is 0. The molecule has 1 aliphatic rings. The molecule has 1 heterocycles. The van der Waals surface area contributed by atoms with Gasteiger partial charge in [0.2, 0.25) is 0 Å². The van der Waals surface area contributed by atoms with E-state index in [9.17, 15) is 4.79 Å². The summed E-state index contributed by atoms with van der Waals surface area (Å²) in [5.74, 6) is 1.47. The fraction of sp³-hybridized carbons (Fsp3) is 0.176. The topological polar surface area (TPSA) is 74.8 Å². The Bertz CT molecular complexity index is 743. The van der Waals surface area contributed by atoms with Crippen LogP contribution in [-0.2, 0) is 0 Å². The zero-order valence-electron chi connectivity index (χ0n) is 12.8. The molecule has 0 aliphatic carbocycles. The molecular weight excluding hydrogens is 292 g/mol. The van der Waals surface area contributed by atoms with E-state index in [0.29, 0.717) is 17.1 Å². The molecule has 118 valence electrons. The van der Waals surface area contributed by atoms with Crippen molar-refractivity contribution in [1.82, 2.24) is 5.32 Å². The zero-order valence-corrected chi connectivity index (χ0v) is 12.8. The van der Waals surface area contributed by atoms with E-state index in [1.165, 1.54) is 0 Å². The van der Waals surface area contributed by atoms with Gasteiger partial charge in [-0.15, -0.1) is 0 Å². The minimum Gasteiger partial charge on any atom is -0.495 e. The maximum Gasteiger partial charge on any atom is 0.323 e. The highest BCUT2D eigenvalue weighted by Crippen LogP contribution is 2.23. The maximum absolute atomic E-state index is 12.2. The van der Waals surface area contributed by atoms with E-state index >= 15 is 0 Å². The summed E-state index contributed by atoms with van der Waals surface area (Å²) in [5.41, 5.74) is 2.27. The van der Waals surface area contributed by atoms with Gasteiger partial charge in [-0.2, -0.15) is 0 Å². The first-order valence-electron chi connectivity index (χ1n) is 7.36. The molecule has 23 heavy (non-hydrogen) atoms. The number of hydrogen-bond acceptors (Lipinski definition) is 4. The third-order valence-electron chi connectivity index (χ3n) is 3.42. The lowest BCUT2D eigenvalue weighted by atomic mass is 10.2. The molecule has 0 spiro atoms. The molecule has 2 aromatic rings. The number of methoxy groups -OCH3 is 1. The third kappa shape index (κ3) is 3.60. The van der Waals surface area contributed by atoms with Crippen LogP contribution < -0.4 is 20.7 Å². The lowest BCUT2D eigenvalue weighted by molar-refractivity contribution is 0.262. The van der Waals surface area contributed by atoms with Crippen LogP contribution in [0, 0.1) is 0 Å². The van der Waals surface area contributed by atoms with Crippen molar-refractivity contribution in [3.05, 3.63) is 54.1 Å². The number of hydrogen-bond donors (Lipinski definition) is 3. The van der Waals surface area contributed by atoms with Gasteiger partial charge < -0.3 is 20.7 Å². The molecule has 2 amide bonds. The molecule has 3 rings (SSSR count). The molecule has 0 fully saturated rings. The highest BCUT2D eigenvalue weighted by Gasteiger charge is 2.10. The number of nitrogens with zero attached hydrogens (tertiary/aromatic N) is 1. The van der Waals surface area contributed by atoms with Crippen LogP contribution in [0.15, 0.2) is 53.5 Å². The summed E-state index contributed by atoms with van der Waals surface area (Å²) in [6.45, 7) is 1.63. The smallest absolute Gasteiger partial charge is 0.323 e. The quantitative estimate of drug-likeness (QED) is 0.813. The van der Waals surface area contributed by atoms with Gasteiger partial charge in [0.05, 0.1) is 19.3 Å². The number of rotatable bonds is 4. The highest BCUT2D eigenvalue weighted by atomic mass is 16.5. The number of anilines is 2. The van der Waals surface area contributed by atoms with Crippen LogP contribution in [0.5, 0.6) is 5.75 Å². The van der Waals surface area contributed by atoms with Gasteiger partial charge >= 0.3 is 6.03 Å². The van der Waals surface area contributed by atoms with Crippen molar-refractivity contribution in [2.45, 2.75) is 0 Å². The largest absolute Gasteiger partial charge is 0.495 e. The molecule has 0 saturated carbocycles. The summed E-state index contributed by atoms with van der Waals surface area (Å²) in [7, 11) is 1.57. The molecule has 0 atom stereocenters. The van der Waals surface area contributed by atoms with Crippen molar-refractivity contribution < 1.29 is 9.53 Å². The molecule has 1 aliphatic heterocycles. The van der Waals surface area contributed by atoms with Crippen molar-refractivity contribution in [3.8, 4) is 5.75 Å². The fourth-order valence-electron chi connectivity index (χ4n) is 2.37. The summed E-state index contributed by atoms with van der Waals surface area (Å²) < 4.78 is 5.22. The molecule has 0 saturated heterocycles. The van der Waals surface area contributed by atoms with E-state index < -0.39 is 0 Å². The Morgan fingerprint density at radius 3 is 2.83 bits per heavy atom. The Kier molecular flexibility index (Phi) is 4.42. The first kappa shape index (κ1) is 14.9. The number of para-hydroxylation sites is 2. The summed E-state index contributed by atoms with van der Waals surface area (Å²) in [6, 6.07) is 14.5. The van der Waals surface area contributed by atoms with Gasteiger partial charge in [-0.1, -0.05) is 24.3 Å². The van der Waals surface area contributed by atoms with Gasteiger partial charge in [0.1, 0.15) is 11.6 Å². The Morgan fingerprint density at radius 1 is 1.17 bits per heavy atom. The van der Waals surface area contributed by atoms with Crippen LogP contribution >= 0.6 is 0 Å². The number of urea groups is 1. The zero-order chi connectivity index (χ0) is 16.1. The molecular formula is C17H18N4O2. The predicted molar refractivity (Wildman–Crippen MR) is 91.5 cm³/mol. The fourth-order valence-corrected chi connectivity index (χ4v) is 2.37. The van der Waals surface area contributed by atoms with Crippen LogP contribution in [0.1, 0.15) is 5.56 Å². The first-order valence-corrected chi connectivity index (χ1v) is 7.36. The number of nitrogens with one attached hydrogen (secondary N) is 3. The molecule has 0 unspecified atom stereocenters. The molecule has 6 nitrogen and oxygen atoms in total. The number of benzene rings is 2. The normalized spacial score (nSPS) is 13.0. The van der Waals surface area contributed by atoms with Crippen LogP contribution in [0.3, 0.4) is 0 Å². The molecule has 3 N–H and O–H groups in total. The maximum atomic E-state index is 12.2. The number of amides is 2. The minimum atomic E-state index is -0.326.